The third-order valence-corrected chi connectivity index (χ3v) is 2.93. The molecule has 1 rings (SSSR count). The van der Waals surface area contributed by atoms with Gasteiger partial charge in [-0.3, -0.25) is 4.79 Å². The highest BCUT2D eigenvalue weighted by Gasteiger charge is 2.20. The molecule has 0 aliphatic rings. The number of carboxylic acid groups (broad SMARTS) is 1. The number of hydrogen-bond donors (Lipinski definition) is 3. The Hall–Kier alpha value is -2.04. The number of anilines is 1. The standard InChI is InChI=1S/C15H22N2O3/c1-10(2)8-13(15(19)20)17-14(18)7-6-11-4-3-5-12(16)9-11/h3-5,9-10,13H,6-8,16H2,1-2H3,(H,17,18)(H,19,20)/t13-/m1/s1. The largest absolute Gasteiger partial charge is 0.480 e. The third-order valence-electron chi connectivity index (χ3n) is 2.93. The summed E-state index contributed by atoms with van der Waals surface area (Å²) in [6.45, 7) is 3.85. The summed E-state index contributed by atoms with van der Waals surface area (Å²) in [5.41, 5.74) is 7.29. The highest BCUT2D eigenvalue weighted by atomic mass is 16.4. The van der Waals surface area contributed by atoms with Gasteiger partial charge >= 0.3 is 5.97 Å². The van der Waals surface area contributed by atoms with E-state index < -0.39 is 12.0 Å². The maximum atomic E-state index is 11.8. The Morgan fingerprint density at radius 3 is 2.60 bits per heavy atom. The van der Waals surface area contributed by atoms with Crippen molar-refractivity contribution in [3.8, 4) is 0 Å². The van der Waals surface area contributed by atoms with Crippen molar-refractivity contribution in [2.75, 3.05) is 5.73 Å². The molecule has 0 saturated carbocycles. The number of amides is 1. The molecule has 5 heteroatoms. The summed E-state index contributed by atoms with van der Waals surface area (Å²) < 4.78 is 0. The van der Waals surface area contributed by atoms with Crippen molar-refractivity contribution in [3.63, 3.8) is 0 Å². The molecule has 5 nitrogen and oxygen atoms in total. The number of nitrogens with one attached hydrogen (secondary N) is 1. The van der Waals surface area contributed by atoms with E-state index in [1.54, 1.807) is 6.07 Å². The molecule has 1 atom stereocenters. The lowest BCUT2D eigenvalue weighted by Crippen LogP contribution is -2.41. The van der Waals surface area contributed by atoms with E-state index in [2.05, 4.69) is 5.32 Å². The van der Waals surface area contributed by atoms with Crippen LogP contribution in [0, 0.1) is 5.92 Å². The molecule has 1 amide bonds. The summed E-state index contributed by atoms with van der Waals surface area (Å²) in [5, 5.41) is 11.6. The Morgan fingerprint density at radius 2 is 2.05 bits per heavy atom. The highest BCUT2D eigenvalue weighted by Crippen LogP contribution is 2.09. The summed E-state index contributed by atoms with van der Waals surface area (Å²) in [6.07, 6.45) is 1.23. The van der Waals surface area contributed by atoms with E-state index in [1.165, 1.54) is 0 Å². The number of nitrogen functional groups attached to an aromatic ring is 1. The fourth-order valence-electron chi connectivity index (χ4n) is 1.97. The van der Waals surface area contributed by atoms with Gasteiger partial charge in [-0.05, 0) is 36.5 Å². The zero-order valence-corrected chi connectivity index (χ0v) is 11.9. The van der Waals surface area contributed by atoms with E-state index in [0.29, 0.717) is 18.5 Å². The van der Waals surface area contributed by atoms with Gasteiger partial charge in [-0.1, -0.05) is 26.0 Å². The predicted molar refractivity (Wildman–Crippen MR) is 78.2 cm³/mol. The van der Waals surface area contributed by atoms with E-state index in [4.69, 9.17) is 10.8 Å². The SMILES string of the molecule is CC(C)C[C@@H](NC(=O)CCc1cccc(N)c1)C(=O)O. The molecule has 20 heavy (non-hydrogen) atoms. The van der Waals surface area contributed by atoms with Crippen molar-refractivity contribution in [2.24, 2.45) is 5.92 Å². The van der Waals surface area contributed by atoms with Gasteiger partial charge in [0.05, 0.1) is 0 Å². The average Bonchev–Trinajstić information content (AvgIpc) is 2.35. The van der Waals surface area contributed by atoms with Crippen LogP contribution in [0.15, 0.2) is 24.3 Å². The van der Waals surface area contributed by atoms with E-state index in [1.807, 2.05) is 32.0 Å². The van der Waals surface area contributed by atoms with Crippen LogP contribution in [0.25, 0.3) is 0 Å². The summed E-state index contributed by atoms with van der Waals surface area (Å²) >= 11 is 0. The Bertz CT molecular complexity index is 472. The monoisotopic (exact) mass is 278 g/mol. The van der Waals surface area contributed by atoms with Crippen LogP contribution < -0.4 is 11.1 Å². The van der Waals surface area contributed by atoms with Crippen LogP contribution >= 0.6 is 0 Å². The van der Waals surface area contributed by atoms with Crippen LogP contribution in [0.4, 0.5) is 5.69 Å². The number of aryl methyl sites for hydroxylation is 1. The first kappa shape index (κ1) is 16.0. The molecule has 0 heterocycles. The van der Waals surface area contributed by atoms with Gasteiger partial charge in [0.25, 0.3) is 0 Å². The first-order chi connectivity index (χ1) is 9.38. The van der Waals surface area contributed by atoms with Gasteiger partial charge < -0.3 is 16.2 Å². The third kappa shape index (κ3) is 5.73. The maximum absolute atomic E-state index is 11.8. The second kappa shape index (κ2) is 7.53. The Kier molecular flexibility index (Phi) is 6.03. The number of nitrogens with two attached hydrogens (primary N) is 1. The fraction of sp³-hybridized carbons (Fsp3) is 0.467. The lowest BCUT2D eigenvalue weighted by Gasteiger charge is -2.16. The van der Waals surface area contributed by atoms with Crippen LogP contribution in [0.5, 0.6) is 0 Å². The van der Waals surface area contributed by atoms with Crippen LogP contribution in [-0.4, -0.2) is 23.0 Å². The molecule has 0 radical (unpaired) electrons. The predicted octanol–water partition coefficient (Wildman–Crippen LogP) is 1.82. The fourth-order valence-corrected chi connectivity index (χ4v) is 1.97. The molecule has 110 valence electrons. The van der Waals surface area contributed by atoms with Crippen molar-refractivity contribution in [1.29, 1.82) is 0 Å². The quantitative estimate of drug-likeness (QED) is 0.663. The second-order valence-electron chi connectivity index (χ2n) is 5.33. The molecule has 0 unspecified atom stereocenters. The normalized spacial score (nSPS) is 12.2. The minimum atomic E-state index is -0.990. The van der Waals surface area contributed by atoms with Gasteiger partial charge in [-0.25, -0.2) is 4.79 Å². The maximum Gasteiger partial charge on any atom is 0.326 e. The zero-order chi connectivity index (χ0) is 15.1. The van der Waals surface area contributed by atoms with Crippen LogP contribution in [0.3, 0.4) is 0 Å². The van der Waals surface area contributed by atoms with E-state index in [-0.39, 0.29) is 18.2 Å². The summed E-state index contributed by atoms with van der Waals surface area (Å²) in [7, 11) is 0. The van der Waals surface area contributed by atoms with Crippen molar-refractivity contribution >= 4 is 17.6 Å². The number of carbonyl (C=O) groups is 2. The Morgan fingerprint density at radius 1 is 1.35 bits per heavy atom. The summed E-state index contributed by atoms with van der Waals surface area (Å²) in [6, 6.07) is 6.51. The number of benzene rings is 1. The molecular formula is C15H22N2O3. The number of aliphatic carboxylic acids is 1. The van der Waals surface area contributed by atoms with Gasteiger partial charge in [0.15, 0.2) is 0 Å². The lowest BCUT2D eigenvalue weighted by atomic mass is 10.0. The van der Waals surface area contributed by atoms with Crippen molar-refractivity contribution in [1.82, 2.24) is 5.32 Å². The highest BCUT2D eigenvalue weighted by molar-refractivity contribution is 5.83. The zero-order valence-electron chi connectivity index (χ0n) is 11.9. The molecule has 0 bridgehead atoms. The van der Waals surface area contributed by atoms with E-state index in [0.717, 1.165) is 5.56 Å². The topological polar surface area (TPSA) is 92.4 Å². The molecular weight excluding hydrogens is 256 g/mol. The molecule has 0 aliphatic carbocycles. The van der Waals surface area contributed by atoms with Crippen LogP contribution in [0.1, 0.15) is 32.3 Å². The first-order valence-corrected chi connectivity index (χ1v) is 6.75. The Labute approximate surface area is 119 Å². The van der Waals surface area contributed by atoms with Gasteiger partial charge in [0.2, 0.25) is 5.91 Å². The molecule has 0 spiro atoms. The number of carbonyl (C=O) groups excluding carboxylic acids is 1. The number of hydrogen-bond acceptors (Lipinski definition) is 3. The lowest BCUT2D eigenvalue weighted by molar-refractivity contribution is -0.142. The Balaban J connectivity index is 2.47. The van der Waals surface area contributed by atoms with Gasteiger partial charge in [0, 0.05) is 12.1 Å². The van der Waals surface area contributed by atoms with Crippen LogP contribution in [-0.2, 0) is 16.0 Å². The summed E-state index contributed by atoms with van der Waals surface area (Å²) in [5.74, 6) is -1.03. The molecule has 4 N–H and O–H groups in total. The minimum Gasteiger partial charge on any atom is -0.480 e. The number of carboxylic acids is 1. The molecule has 1 aromatic rings. The van der Waals surface area contributed by atoms with E-state index in [9.17, 15) is 9.59 Å². The summed E-state index contributed by atoms with van der Waals surface area (Å²) in [4.78, 5) is 22.9. The van der Waals surface area contributed by atoms with Crippen molar-refractivity contribution in [2.45, 2.75) is 39.2 Å². The van der Waals surface area contributed by atoms with Gasteiger partial charge in [-0.15, -0.1) is 0 Å². The average molecular weight is 278 g/mol. The molecule has 0 saturated heterocycles. The van der Waals surface area contributed by atoms with Crippen molar-refractivity contribution < 1.29 is 14.7 Å². The van der Waals surface area contributed by atoms with Gasteiger partial charge in [-0.2, -0.15) is 0 Å². The second-order valence-corrected chi connectivity index (χ2v) is 5.33. The van der Waals surface area contributed by atoms with E-state index >= 15 is 0 Å². The minimum absolute atomic E-state index is 0.213. The smallest absolute Gasteiger partial charge is 0.326 e. The number of rotatable bonds is 7. The molecule has 0 aliphatic heterocycles. The van der Waals surface area contributed by atoms with Crippen LogP contribution in [0.2, 0.25) is 0 Å². The molecule has 0 aromatic heterocycles. The van der Waals surface area contributed by atoms with Crippen molar-refractivity contribution in [3.05, 3.63) is 29.8 Å². The molecule has 1 aromatic carbocycles. The van der Waals surface area contributed by atoms with Gasteiger partial charge in [0.1, 0.15) is 6.04 Å². The molecule has 0 fully saturated rings. The first-order valence-electron chi connectivity index (χ1n) is 6.75.